The first-order valence-corrected chi connectivity index (χ1v) is 6.93. The normalized spacial score (nSPS) is 11.1. The van der Waals surface area contributed by atoms with Gasteiger partial charge in [-0.2, -0.15) is 0 Å². The monoisotopic (exact) mass is 266 g/mol. The number of rotatable bonds is 5. The van der Waals surface area contributed by atoms with Crippen LogP contribution in [0.4, 0.5) is 0 Å². The quantitative estimate of drug-likeness (QED) is 0.772. The largest absolute Gasteiger partial charge is 0.311 e. The molecular formula is C16H18N4. The molecule has 3 aromatic rings. The highest BCUT2D eigenvalue weighted by atomic mass is 15.4. The summed E-state index contributed by atoms with van der Waals surface area (Å²) in [6.07, 6.45) is 2.00. The molecule has 4 heteroatoms. The number of benzene rings is 2. The minimum absolute atomic E-state index is 0.750. The number of nitrogens with zero attached hydrogens (tertiary/aromatic N) is 3. The molecule has 0 amide bonds. The summed E-state index contributed by atoms with van der Waals surface area (Å²) in [4.78, 5) is 0. The van der Waals surface area contributed by atoms with Crippen molar-refractivity contribution in [2.45, 2.75) is 20.0 Å². The number of hydrogen-bond donors (Lipinski definition) is 1. The van der Waals surface area contributed by atoms with Crippen molar-refractivity contribution in [1.29, 1.82) is 0 Å². The van der Waals surface area contributed by atoms with Crippen molar-refractivity contribution in [3.8, 4) is 0 Å². The molecule has 0 aliphatic carbocycles. The van der Waals surface area contributed by atoms with E-state index >= 15 is 0 Å². The van der Waals surface area contributed by atoms with Gasteiger partial charge in [-0.05, 0) is 22.9 Å². The van der Waals surface area contributed by atoms with Crippen LogP contribution in [0.2, 0.25) is 0 Å². The van der Waals surface area contributed by atoms with Crippen LogP contribution in [0.3, 0.4) is 0 Å². The molecule has 1 heterocycles. The average molecular weight is 266 g/mol. The van der Waals surface area contributed by atoms with Crippen molar-refractivity contribution in [3.63, 3.8) is 0 Å². The van der Waals surface area contributed by atoms with Gasteiger partial charge in [0.25, 0.3) is 0 Å². The third kappa shape index (κ3) is 2.70. The summed E-state index contributed by atoms with van der Waals surface area (Å²) in [5.41, 5.74) is 2.25. The van der Waals surface area contributed by atoms with Crippen molar-refractivity contribution in [2.75, 3.05) is 6.54 Å². The van der Waals surface area contributed by atoms with Gasteiger partial charge in [0.1, 0.15) is 0 Å². The standard InChI is InChI=1S/C16H18N4/c1-2-17-10-15-12-20(19-18-15)11-14-8-5-7-13-6-3-4-9-16(13)14/h3-9,12,17H,2,10-11H2,1H3. The Morgan fingerprint density at radius 2 is 1.95 bits per heavy atom. The molecule has 4 nitrogen and oxygen atoms in total. The highest BCUT2D eigenvalue weighted by molar-refractivity contribution is 5.85. The van der Waals surface area contributed by atoms with Gasteiger partial charge >= 0.3 is 0 Å². The van der Waals surface area contributed by atoms with Gasteiger partial charge in [-0.1, -0.05) is 54.6 Å². The van der Waals surface area contributed by atoms with E-state index in [-0.39, 0.29) is 0 Å². The van der Waals surface area contributed by atoms with E-state index in [0.29, 0.717) is 0 Å². The van der Waals surface area contributed by atoms with Gasteiger partial charge in [0.05, 0.1) is 18.4 Å². The van der Waals surface area contributed by atoms with Crippen molar-refractivity contribution in [2.24, 2.45) is 0 Å². The zero-order valence-corrected chi connectivity index (χ0v) is 11.6. The summed E-state index contributed by atoms with van der Waals surface area (Å²) in [7, 11) is 0. The molecule has 102 valence electrons. The van der Waals surface area contributed by atoms with Crippen molar-refractivity contribution < 1.29 is 0 Å². The molecule has 0 saturated heterocycles. The van der Waals surface area contributed by atoms with Crippen molar-refractivity contribution in [1.82, 2.24) is 20.3 Å². The molecule has 0 spiro atoms. The molecule has 0 aliphatic rings. The van der Waals surface area contributed by atoms with Gasteiger partial charge in [0.15, 0.2) is 0 Å². The Morgan fingerprint density at radius 3 is 2.85 bits per heavy atom. The fourth-order valence-corrected chi connectivity index (χ4v) is 2.35. The van der Waals surface area contributed by atoms with Gasteiger partial charge in [-0.3, -0.25) is 0 Å². The van der Waals surface area contributed by atoms with Gasteiger partial charge in [-0.15, -0.1) is 5.10 Å². The number of nitrogens with one attached hydrogen (secondary N) is 1. The van der Waals surface area contributed by atoms with Crippen molar-refractivity contribution in [3.05, 3.63) is 59.9 Å². The molecule has 3 rings (SSSR count). The first-order valence-electron chi connectivity index (χ1n) is 6.93. The molecule has 1 aromatic heterocycles. The third-order valence-electron chi connectivity index (χ3n) is 3.35. The Labute approximate surface area is 118 Å². The first kappa shape index (κ1) is 12.8. The molecule has 2 aromatic carbocycles. The van der Waals surface area contributed by atoms with Crippen LogP contribution in [-0.4, -0.2) is 21.5 Å². The Bertz CT molecular complexity index is 697. The Kier molecular flexibility index (Phi) is 3.74. The molecule has 0 unspecified atom stereocenters. The lowest BCUT2D eigenvalue weighted by Gasteiger charge is -2.06. The van der Waals surface area contributed by atoms with Crippen molar-refractivity contribution >= 4 is 10.8 Å². The second-order valence-electron chi connectivity index (χ2n) is 4.83. The molecule has 0 saturated carbocycles. The SMILES string of the molecule is CCNCc1cn(Cc2cccc3ccccc23)nn1. The maximum atomic E-state index is 4.20. The summed E-state index contributed by atoms with van der Waals surface area (Å²) >= 11 is 0. The lowest BCUT2D eigenvalue weighted by Crippen LogP contribution is -2.11. The minimum Gasteiger partial charge on any atom is -0.311 e. The predicted molar refractivity (Wildman–Crippen MR) is 80.5 cm³/mol. The molecule has 1 N–H and O–H groups in total. The van der Waals surface area contributed by atoms with Gasteiger partial charge in [-0.25, -0.2) is 4.68 Å². The fourth-order valence-electron chi connectivity index (χ4n) is 2.35. The van der Waals surface area contributed by atoms with Crippen LogP contribution in [0, 0.1) is 0 Å². The minimum atomic E-state index is 0.750. The fraction of sp³-hybridized carbons (Fsp3) is 0.250. The number of hydrogen-bond acceptors (Lipinski definition) is 3. The molecule has 0 fully saturated rings. The summed E-state index contributed by atoms with van der Waals surface area (Å²) in [6.45, 7) is 4.54. The van der Waals surface area contributed by atoms with Gasteiger partial charge < -0.3 is 5.32 Å². The van der Waals surface area contributed by atoms with E-state index in [4.69, 9.17) is 0 Å². The highest BCUT2D eigenvalue weighted by Gasteiger charge is 2.04. The Balaban J connectivity index is 1.84. The van der Waals surface area contributed by atoms with E-state index in [0.717, 1.165) is 25.3 Å². The predicted octanol–water partition coefficient (Wildman–Crippen LogP) is 2.59. The zero-order valence-electron chi connectivity index (χ0n) is 11.6. The topological polar surface area (TPSA) is 42.7 Å². The van der Waals surface area contributed by atoms with Crippen LogP contribution in [0.25, 0.3) is 10.8 Å². The maximum absolute atomic E-state index is 4.20. The average Bonchev–Trinajstić information content (AvgIpc) is 2.93. The van der Waals surface area contributed by atoms with Crippen LogP contribution < -0.4 is 5.32 Å². The summed E-state index contributed by atoms with van der Waals surface area (Å²) < 4.78 is 1.90. The van der Waals surface area contributed by atoms with Crippen LogP contribution in [0.1, 0.15) is 18.2 Å². The molecule has 0 atom stereocenters. The van der Waals surface area contributed by atoms with Gasteiger partial charge in [0, 0.05) is 6.54 Å². The number of aromatic nitrogens is 3. The molecule has 20 heavy (non-hydrogen) atoms. The molecule has 0 bridgehead atoms. The molecular weight excluding hydrogens is 248 g/mol. The van der Waals surface area contributed by atoms with E-state index in [2.05, 4.69) is 65.0 Å². The molecule has 0 radical (unpaired) electrons. The van der Waals surface area contributed by atoms with Gasteiger partial charge in [0.2, 0.25) is 0 Å². The van der Waals surface area contributed by atoms with Crippen LogP contribution >= 0.6 is 0 Å². The van der Waals surface area contributed by atoms with Crippen LogP contribution in [0.15, 0.2) is 48.7 Å². The second kappa shape index (κ2) is 5.84. The molecule has 0 aliphatic heterocycles. The second-order valence-corrected chi connectivity index (χ2v) is 4.83. The first-order chi connectivity index (χ1) is 9.86. The smallest absolute Gasteiger partial charge is 0.0964 e. The Morgan fingerprint density at radius 1 is 1.10 bits per heavy atom. The van der Waals surface area contributed by atoms with E-state index in [1.165, 1.54) is 16.3 Å². The maximum Gasteiger partial charge on any atom is 0.0964 e. The third-order valence-corrected chi connectivity index (χ3v) is 3.35. The zero-order chi connectivity index (χ0) is 13.8. The number of fused-ring (bicyclic) bond motifs is 1. The Hall–Kier alpha value is -2.20. The van der Waals surface area contributed by atoms with Crippen LogP contribution in [-0.2, 0) is 13.1 Å². The van der Waals surface area contributed by atoms with E-state index in [1.54, 1.807) is 0 Å². The summed E-state index contributed by atoms with van der Waals surface area (Å²) in [5, 5.41) is 14.2. The van der Waals surface area contributed by atoms with Crippen LogP contribution in [0.5, 0.6) is 0 Å². The summed E-state index contributed by atoms with van der Waals surface area (Å²) in [6, 6.07) is 14.8. The van der Waals surface area contributed by atoms with E-state index in [1.807, 2.05) is 10.9 Å². The van der Waals surface area contributed by atoms with E-state index in [9.17, 15) is 0 Å². The highest BCUT2D eigenvalue weighted by Crippen LogP contribution is 2.19. The summed E-state index contributed by atoms with van der Waals surface area (Å²) in [5.74, 6) is 0. The lowest BCUT2D eigenvalue weighted by atomic mass is 10.0. The lowest BCUT2D eigenvalue weighted by molar-refractivity contribution is 0.650. The van der Waals surface area contributed by atoms with E-state index < -0.39 is 0 Å².